The zero-order chi connectivity index (χ0) is 14.7. The molecule has 0 spiro atoms. The molecule has 4 heteroatoms. The summed E-state index contributed by atoms with van der Waals surface area (Å²) in [6, 6.07) is 4.02. The van der Waals surface area contributed by atoms with E-state index in [1.807, 2.05) is 6.07 Å². The minimum absolute atomic E-state index is 0.317. The molecule has 1 aromatic carbocycles. The van der Waals surface area contributed by atoms with Gasteiger partial charge in [-0.25, -0.2) is 0 Å². The minimum atomic E-state index is 0.317. The fourth-order valence-electron chi connectivity index (χ4n) is 3.42. The van der Waals surface area contributed by atoms with Crippen molar-refractivity contribution in [2.75, 3.05) is 20.2 Å². The van der Waals surface area contributed by atoms with E-state index in [4.69, 9.17) is 21.1 Å². The second-order valence-electron chi connectivity index (χ2n) is 6.09. The summed E-state index contributed by atoms with van der Waals surface area (Å²) in [5.74, 6) is 2.08. The highest BCUT2D eigenvalue weighted by Gasteiger charge is 2.23. The predicted molar refractivity (Wildman–Crippen MR) is 85.7 cm³/mol. The average Bonchev–Trinajstić information content (AvgIpc) is 3.01. The van der Waals surface area contributed by atoms with Crippen LogP contribution < -0.4 is 14.8 Å². The van der Waals surface area contributed by atoms with Gasteiger partial charge in [0.2, 0.25) is 0 Å². The Bertz CT molecular complexity index is 480. The van der Waals surface area contributed by atoms with Crippen LogP contribution in [0.25, 0.3) is 0 Å². The third-order valence-corrected chi connectivity index (χ3v) is 4.94. The summed E-state index contributed by atoms with van der Waals surface area (Å²) in [4.78, 5) is 0. The van der Waals surface area contributed by atoms with Gasteiger partial charge in [0.25, 0.3) is 0 Å². The standard InChI is InChI=1S/C17H24ClNO2/c1-20-16-9-14(12-5-4-8-19-11-12)15(18)10-17(16)21-13-6-2-3-7-13/h9-10,12-13,19H,2-8,11H2,1H3. The molecule has 0 amide bonds. The Morgan fingerprint density at radius 1 is 1.10 bits per heavy atom. The molecule has 1 N–H and O–H groups in total. The van der Waals surface area contributed by atoms with Crippen LogP contribution in [0.4, 0.5) is 0 Å². The number of benzene rings is 1. The molecule has 21 heavy (non-hydrogen) atoms. The molecular weight excluding hydrogens is 286 g/mol. The van der Waals surface area contributed by atoms with Crippen LogP contribution >= 0.6 is 11.6 Å². The average molecular weight is 310 g/mol. The van der Waals surface area contributed by atoms with Crippen molar-refractivity contribution in [3.05, 3.63) is 22.7 Å². The van der Waals surface area contributed by atoms with Crippen molar-refractivity contribution in [3.8, 4) is 11.5 Å². The SMILES string of the molecule is COc1cc(C2CCCNC2)c(Cl)cc1OC1CCCC1. The molecule has 2 aliphatic rings. The highest BCUT2D eigenvalue weighted by molar-refractivity contribution is 6.31. The zero-order valence-corrected chi connectivity index (χ0v) is 13.4. The van der Waals surface area contributed by atoms with Crippen molar-refractivity contribution < 1.29 is 9.47 Å². The number of hydrogen-bond acceptors (Lipinski definition) is 3. The molecule has 0 bridgehead atoms. The quantitative estimate of drug-likeness (QED) is 0.907. The number of methoxy groups -OCH3 is 1. The van der Waals surface area contributed by atoms with E-state index in [0.717, 1.165) is 42.5 Å². The summed E-state index contributed by atoms with van der Waals surface area (Å²) in [6.07, 6.45) is 7.48. The third-order valence-electron chi connectivity index (χ3n) is 4.62. The lowest BCUT2D eigenvalue weighted by Gasteiger charge is -2.25. The number of piperidine rings is 1. The van der Waals surface area contributed by atoms with Gasteiger partial charge >= 0.3 is 0 Å². The van der Waals surface area contributed by atoms with E-state index < -0.39 is 0 Å². The molecule has 116 valence electrons. The monoisotopic (exact) mass is 309 g/mol. The lowest BCUT2D eigenvalue weighted by Crippen LogP contribution is -2.28. The second-order valence-corrected chi connectivity index (χ2v) is 6.50. The molecule has 1 aliphatic heterocycles. The van der Waals surface area contributed by atoms with E-state index >= 15 is 0 Å². The minimum Gasteiger partial charge on any atom is -0.493 e. The molecular formula is C17H24ClNO2. The van der Waals surface area contributed by atoms with Gasteiger partial charge < -0.3 is 14.8 Å². The molecule has 1 aromatic rings. The Labute approximate surface area is 132 Å². The van der Waals surface area contributed by atoms with Crippen molar-refractivity contribution in [1.82, 2.24) is 5.32 Å². The Balaban J connectivity index is 1.82. The van der Waals surface area contributed by atoms with Gasteiger partial charge in [0.1, 0.15) is 0 Å². The maximum absolute atomic E-state index is 6.51. The van der Waals surface area contributed by atoms with Crippen molar-refractivity contribution in [1.29, 1.82) is 0 Å². The number of nitrogens with one attached hydrogen (secondary N) is 1. The number of rotatable bonds is 4. The summed E-state index contributed by atoms with van der Waals surface area (Å²) in [6.45, 7) is 2.10. The van der Waals surface area contributed by atoms with Crippen molar-refractivity contribution in [3.63, 3.8) is 0 Å². The van der Waals surface area contributed by atoms with Gasteiger partial charge in [0.05, 0.1) is 13.2 Å². The lowest BCUT2D eigenvalue weighted by molar-refractivity contribution is 0.200. The van der Waals surface area contributed by atoms with Gasteiger partial charge in [-0.2, -0.15) is 0 Å². The van der Waals surface area contributed by atoms with Gasteiger partial charge in [-0.15, -0.1) is 0 Å². The van der Waals surface area contributed by atoms with Gasteiger partial charge in [-0.05, 0) is 62.6 Å². The number of halogens is 1. The molecule has 3 nitrogen and oxygen atoms in total. The van der Waals surface area contributed by atoms with Crippen LogP contribution in [0.2, 0.25) is 5.02 Å². The van der Waals surface area contributed by atoms with Crippen molar-refractivity contribution in [2.45, 2.75) is 50.5 Å². The van der Waals surface area contributed by atoms with E-state index in [1.165, 1.54) is 31.2 Å². The fraction of sp³-hybridized carbons (Fsp3) is 0.647. The largest absolute Gasteiger partial charge is 0.493 e. The Morgan fingerprint density at radius 2 is 1.90 bits per heavy atom. The van der Waals surface area contributed by atoms with Gasteiger partial charge in [-0.1, -0.05) is 11.6 Å². The molecule has 1 saturated carbocycles. The van der Waals surface area contributed by atoms with Gasteiger partial charge in [0.15, 0.2) is 11.5 Å². The zero-order valence-electron chi connectivity index (χ0n) is 12.7. The topological polar surface area (TPSA) is 30.5 Å². The molecule has 1 atom stereocenters. The maximum Gasteiger partial charge on any atom is 0.163 e. The second kappa shape index (κ2) is 6.89. The Kier molecular flexibility index (Phi) is 4.91. The first kappa shape index (κ1) is 15.0. The lowest BCUT2D eigenvalue weighted by atomic mass is 9.91. The van der Waals surface area contributed by atoms with Crippen LogP contribution in [0.1, 0.15) is 50.0 Å². The van der Waals surface area contributed by atoms with Gasteiger partial charge in [0, 0.05) is 17.6 Å². The maximum atomic E-state index is 6.51. The summed E-state index contributed by atoms with van der Waals surface area (Å²) in [5, 5.41) is 4.24. The molecule has 1 unspecified atom stereocenters. The molecule has 0 aromatic heterocycles. The molecule has 2 fully saturated rings. The van der Waals surface area contributed by atoms with E-state index in [9.17, 15) is 0 Å². The normalized spacial score (nSPS) is 23.2. The van der Waals surface area contributed by atoms with Crippen LogP contribution in [0, 0.1) is 0 Å². The first-order valence-electron chi connectivity index (χ1n) is 8.02. The van der Waals surface area contributed by atoms with Crippen LogP contribution in [-0.2, 0) is 0 Å². The van der Waals surface area contributed by atoms with E-state index in [-0.39, 0.29) is 0 Å². The number of ether oxygens (including phenoxy) is 2. The third kappa shape index (κ3) is 3.46. The van der Waals surface area contributed by atoms with Crippen LogP contribution in [0.3, 0.4) is 0 Å². The molecule has 1 saturated heterocycles. The first-order valence-corrected chi connectivity index (χ1v) is 8.40. The summed E-state index contributed by atoms with van der Waals surface area (Å²) in [7, 11) is 1.70. The first-order chi connectivity index (χ1) is 10.3. The van der Waals surface area contributed by atoms with Crippen LogP contribution in [-0.4, -0.2) is 26.3 Å². The highest BCUT2D eigenvalue weighted by Crippen LogP contribution is 2.39. The predicted octanol–water partition coefficient (Wildman–Crippen LogP) is 4.14. The van der Waals surface area contributed by atoms with E-state index in [0.29, 0.717) is 12.0 Å². The van der Waals surface area contributed by atoms with Gasteiger partial charge in [-0.3, -0.25) is 0 Å². The highest BCUT2D eigenvalue weighted by atomic mass is 35.5. The summed E-state index contributed by atoms with van der Waals surface area (Å²) >= 11 is 6.51. The molecule has 1 aliphatic carbocycles. The fourth-order valence-corrected chi connectivity index (χ4v) is 3.73. The molecule has 0 radical (unpaired) electrons. The summed E-state index contributed by atoms with van der Waals surface area (Å²) < 4.78 is 11.6. The Hall–Kier alpha value is -0.930. The van der Waals surface area contributed by atoms with E-state index in [1.54, 1.807) is 7.11 Å². The summed E-state index contributed by atoms with van der Waals surface area (Å²) in [5.41, 5.74) is 1.18. The van der Waals surface area contributed by atoms with E-state index in [2.05, 4.69) is 11.4 Å². The molecule has 3 rings (SSSR count). The van der Waals surface area contributed by atoms with Crippen molar-refractivity contribution in [2.24, 2.45) is 0 Å². The Morgan fingerprint density at radius 3 is 2.57 bits per heavy atom. The molecule has 1 heterocycles. The number of hydrogen-bond donors (Lipinski definition) is 1. The van der Waals surface area contributed by atoms with Crippen LogP contribution in [0.5, 0.6) is 11.5 Å². The van der Waals surface area contributed by atoms with Crippen molar-refractivity contribution >= 4 is 11.6 Å². The smallest absolute Gasteiger partial charge is 0.163 e. The van der Waals surface area contributed by atoms with Crippen LogP contribution in [0.15, 0.2) is 12.1 Å².